The molecule has 7 heteroatoms. The summed E-state index contributed by atoms with van der Waals surface area (Å²) in [5.74, 6) is 0.206. The monoisotopic (exact) mass is 375 g/mol. The Morgan fingerprint density at radius 1 is 1.40 bits per heavy atom. The van der Waals surface area contributed by atoms with E-state index in [4.69, 9.17) is 11.6 Å². The van der Waals surface area contributed by atoms with Gasteiger partial charge in [-0.1, -0.05) is 23.7 Å². The van der Waals surface area contributed by atoms with Gasteiger partial charge in [0.1, 0.15) is 11.6 Å². The third kappa shape index (κ3) is 3.80. The topological polar surface area (TPSA) is 75.1 Å². The van der Waals surface area contributed by atoms with Crippen molar-refractivity contribution in [2.24, 2.45) is 0 Å². The molecule has 0 radical (unpaired) electrons. The summed E-state index contributed by atoms with van der Waals surface area (Å²) in [7, 11) is 0. The van der Waals surface area contributed by atoms with Crippen LogP contribution in [0.4, 0.5) is 11.5 Å². The smallest absolute Gasteiger partial charge is 0.305 e. The summed E-state index contributed by atoms with van der Waals surface area (Å²) in [5, 5.41) is 15.0. The highest BCUT2D eigenvalue weighted by Crippen LogP contribution is 2.50. The number of benzene rings is 1. The molecule has 0 amide bonds. The zero-order valence-electron chi connectivity index (χ0n) is 13.9. The molecule has 2 heterocycles. The second kappa shape index (κ2) is 7.06. The maximum absolute atomic E-state index is 11.3. The summed E-state index contributed by atoms with van der Waals surface area (Å²) in [6.07, 6.45) is 1.97. The van der Waals surface area contributed by atoms with Crippen LogP contribution in [0.25, 0.3) is 0 Å². The fourth-order valence-corrected chi connectivity index (χ4v) is 4.29. The number of carbonyl (C=O) groups is 1. The molecule has 1 aliphatic rings. The van der Waals surface area contributed by atoms with Crippen LogP contribution in [0.1, 0.15) is 29.8 Å². The average Bonchev–Trinajstić information content (AvgIpc) is 2.93. The summed E-state index contributed by atoms with van der Waals surface area (Å²) in [5.41, 5.74) is 3.29. The van der Waals surface area contributed by atoms with Gasteiger partial charge in [0, 0.05) is 23.3 Å². The van der Waals surface area contributed by atoms with Crippen molar-refractivity contribution >= 4 is 40.8 Å². The third-order valence-corrected chi connectivity index (χ3v) is 5.93. The van der Waals surface area contributed by atoms with Crippen LogP contribution in [0.15, 0.2) is 40.9 Å². The molecule has 1 aromatic heterocycles. The van der Waals surface area contributed by atoms with Gasteiger partial charge in [-0.3, -0.25) is 4.79 Å². The van der Waals surface area contributed by atoms with Crippen LogP contribution >= 0.6 is 23.4 Å². The van der Waals surface area contributed by atoms with Gasteiger partial charge in [-0.15, -0.1) is 11.8 Å². The fourth-order valence-electron chi connectivity index (χ4n) is 2.76. The Morgan fingerprint density at radius 3 is 2.88 bits per heavy atom. The standard InChI is InChI=1S/C18H18ClN3O2S/c1-11-4-3-5-14(12(11)2)21-15-6-7-20-17(22-15)18(9-16(23)24)8-13(19)10-25-18/h3-7,10H,8-9H2,1-2H3,(H,23,24)(H,20,21,22). The maximum atomic E-state index is 11.3. The highest BCUT2D eigenvalue weighted by molar-refractivity contribution is 8.03. The zero-order valence-corrected chi connectivity index (χ0v) is 15.5. The highest BCUT2D eigenvalue weighted by Gasteiger charge is 2.42. The lowest BCUT2D eigenvalue weighted by Gasteiger charge is -2.25. The summed E-state index contributed by atoms with van der Waals surface area (Å²) in [6, 6.07) is 7.79. The molecular weight excluding hydrogens is 358 g/mol. The summed E-state index contributed by atoms with van der Waals surface area (Å²) >= 11 is 7.49. The van der Waals surface area contributed by atoms with Crippen molar-refractivity contribution in [1.82, 2.24) is 9.97 Å². The van der Waals surface area contributed by atoms with E-state index in [2.05, 4.69) is 28.3 Å². The van der Waals surface area contributed by atoms with Crippen molar-refractivity contribution < 1.29 is 9.90 Å². The minimum absolute atomic E-state index is 0.0860. The van der Waals surface area contributed by atoms with Crippen molar-refractivity contribution in [2.75, 3.05) is 5.32 Å². The normalized spacial score (nSPS) is 19.6. The van der Waals surface area contributed by atoms with E-state index in [1.54, 1.807) is 17.7 Å². The van der Waals surface area contributed by atoms with E-state index in [9.17, 15) is 9.90 Å². The quantitative estimate of drug-likeness (QED) is 0.787. The first-order valence-corrected chi connectivity index (χ1v) is 9.06. The number of aromatic nitrogens is 2. The van der Waals surface area contributed by atoms with Crippen LogP contribution in [0, 0.1) is 13.8 Å². The SMILES string of the molecule is Cc1cccc(Nc2ccnc(C3(CC(=O)O)CC(Cl)=CS3)n2)c1C. The van der Waals surface area contributed by atoms with E-state index in [1.807, 2.05) is 19.1 Å². The van der Waals surface area contributed by atoms with E-state index >= 15 is 0 Å². The number of carboxylic acids is 1. The van der Waals surface area contributed by atoms with Crippen LogP contribution in [-0.4, -0.2) is 21.0 Å². The van der Waals surface area contributed by atoms with Crippen molar-refractivity contribution in [3.8, 4) is 0 Å². The zero-order chi connectivity index (χ0) is 18.0. The first-order chi connectivity index (χ1) is 11.9. The lowest BCUT2D eigenvalue weighted by molar-refractivity contribution is -0.137. The number of allylic oxidation sites excluding steroid dienone is 1. The van der Waals surface area contributed by atoms with Crippen LogP contribution in [0.3, 0.4) is 0 Å². The molecule has 2 N–H and O–H groups in total. The molecule has 0 saturated heterocycles. The number of nitrogens with one attached hydrogen (secondary N) is 1. The predicted octanol–water partition coefficient (Wildman–Crippen LogP) is 4.72. The van der Waals surface area contributed by atoms with E-state index in [0.717, 1.165) is 11.3 Å². The largest absolute Gasteiger partial charge is 0.481 e. The van der Waals surface area contributed by atoms with Crippen LogP contribution in [-0.2, 0) is 9.54 Å². The number of carboxylic acid groups (broad SMARTS) is 1. The predicted molar refractivity (Wildman–Crippen MR) is 101 cm³/mol. The Bertz CT molecular complexity index is 856. The van der Waals surface area contributed by atoms with Gasteiger partial charge in [0.2, 0.25) is 0 Å². The Kier molecular flexibility index (Phi) is 5.01. The third-order valence-electron chi connectivity index (χ3n) is 4.23. The molecule has 5 nitrogen and oxygen atoms in total. The molecule has 0 saturated carbocycles. The molecule has 0 bridgehead atoms. The molecule has 0 aliphatic carbocycles. The molecular formula is C18H18ClN3O2S. The second-order valence-electron chi connectivity index (χ2n) is 6.06. The number of nitrogens with zero attached hydrogens (tertiary/aromatic N) is 2. The second-order valence-corrected chi connectivity index (χ2v) is 7.80. The van der Waals surface area contributed by atoms with E-state index in [1.165, 1.54) is 17.3 Å². The molecule has 0 fully saturated rings. The highest BCUT2D eigenvalue weighted by atomic mass is 35.5. The maximum Gasteiger partial charge on any atom is 0.305 e. The van der Waals surface area contributed by atoms with Crippen molar-refractivity contribution in [3.05, 3.63) is 57.9 Å². The average molecular weight is 376 g/mol. The molecule has 25 heavy (non-hydrogen) atoms. The first-order valence-electron chi connectivity index (χ1n) is 7.80. The number of thioether (sulfide) groups is 1. The van der Waals surface area contributed by atoms with Crippen molar-refractivity contribution in [1.29, 1.82) is 0 Å². The minimum Gasteiger partial charge on any atom is -0.481 e. The van der Waals surface area contributed by atoms with Gasteiger partial charge in [-0.05, 0) is 42.5 Å². The van der Waals surface area contributed by atoms with Crippen LogP contribution in [0.5, 0.6) is 0 Å². The van der Waals surface area contributed by atoms with Crippen molar-refractivity contribution in [2.45, 2.75) is 31.4 Å². The Morgan fingerprint density at radius 2 is 2.20 bits per heavy atom. The molecule has 1 atom stereocenters. The van der Waals surface area contributed by atoms with Gasteiger partial charge in [0.25, 0.3) is 0 Å². The van der Waals surface area contributed by atoms with Crippen LogP contribution < -0.4 is 5.32 Å². The van der Waals surface area contributed by atoms with Gasteiger partial charge in [-0.2, -0.15) is 0 Å². The number of anilines is 2. The summed E-state index contributed by atoms with van der Waals surface area (Å²) in [4.78, 5) is 20.3. The van der Waals surface area contributed by atoms with Crippen LogP contribution in [0.2, 0.25) is 0 Å². The molecule has 1 unspecified atom stereocenters. The Labute approximate surface area is 155 Å². The lowest BCUT2D eigenvalue weighted by atomic mass is 9.99. The number of aliphatic carboxylic acids is 1. The van der Waals surface area contributed by atoms with Gasteiger partial charge < -0.3 is 10.4 Å². The molecule has 1 aliphatic heterocycles. The Hall–Kier alpha value is -2.05. The summed E-state index contributed by atoms with van der Waals surface area (Å²) < 4.78 is -0.762. The Balaban J connectivity index is 1.92. The first kappa shape index (κ1) is 17.8. The molecule has 130 valence electrons. The number of aryl methyl sites for hydroxylation is 1. The summed E-state index contributed by atoms with van der Waals surface area (Å²) in [6.45, 7) is 4.10. The van der Waals surface area contributed by atoms with Gasteiger partial charge in [0.05, 0.1) is 11.2 Å². The number of hydrogen-bond acceptors (Lipinski definition) is 5. The number of hydrogen-bond donors (Lipinski definition) is 2. The fraction of sp³-hybridized carbons (Fsp3) is 0.278. The number of rotatable bonds is 5. The molecule has 0 spiro atoms. The number of halogens is 1. The molecule has 3 rings (SSSR count). The van der Waals surface area contributed by atoms with Gasteiger partial charge in [0.15, 0.2) is 0 Å². The van der Waals surface area contributed by atoms with Crippen molar-refractivity contribution in [3.63, 3.8) is 0 Å². The minimum atomic E-state index is -0.899. The van der Waals surface area contributed by atoms with E-state index < -0.39 is 10.7 Å². The molecule has 1 aromatic carbocycles. The van der Waals surface area contributed by atoms with E-state index in [0.29, 0.717) is 23.1 Å². The lowest BCUT2D eigenvalue weighted by Crippen LogP contribution is -2.26. The molecule has 2 aromatic rings. The van der Waals surface area contributed by atoms with Gasteiger partial charge in [-0.25, -0.2) is 9.97 Å². The van der Waals surface area contributed by atoms with Gasteiger partial charge >= 0.3 is 5.97 Å². The van der Waals surface area contributed by atoms with E-state index in [-0.39, 0.29) is 6.42 Å².